The first kappa shape index (κ1) is 36.2. The summed E-state index contributed by atoms with van der Waals surface area (Å²) in [6.07, 6.45) is 2.03. The largest absolute Gasteiger partial charge is 0.456 e. The molecule has 9 aromatic carbocycles. The number of fused-ring (bicyclic) bond motifs is 8. The Balaban J connectivity index is 1.19. The fraction of sp³-hybridized carbons (Fsp3) is 0.138. The summed E-state index contributed by atoms with van der Waals surface area (Å²) in [6.45, 7) is 9.40. The predicted octanol–water partition coefficient (Wildman–Crippen LogP) is 16.4. The predicted molar refractivity (Wildman–Crippen MR) is 254 cm³/mol. The maximum absolute atomic E-state index is 6.52. The van der Waals surface area contributed by atoms with Crippen molar-refractivity contribution in [1.29, 1.82) is 0 Å². The number of para-hydroxylation sites is 1. The Bertz CT molecular complexity index is 3260. The van der Waals surface area contributed by atoms with Crippen molar-refractivity contribution in [2.45, 2.75) is 51.4 Å². The third kappa shape index (κ3) is 5.40. The standard InChI is InChI=1S/C58H47NO/c1-5-58(6-2,41-20-8-7-9-21-41)42-28-30-43(31-29-42)59(44-32-33-50-49(37-44)48-35-39-18-10-11-19-40(39)36-51(48)57(50,3)4)52-34-27-38-17-12-13-22-45(38)55(52)47-24-16-26-54-56(47)46-23-14-15-25-53(46)60-54/h7-37H,5-6H2,1-4H3. The van der Waals surface area contributed by atoms with Crippen LogP contribution < -0.4 is 4.90 Å². The van der Waals surface area contributed by atoms with Gasteiger partial charge in [-0.05, 0) is 128 Å². The van der Waals surface area contributed by atoms with Gasteiger partial charge in [0.05, 0.1) is 5.69 Å². The average Bonchev–Trinajstić information content (AvgIpc) is 3.78. The van der Waals surface area contributed by atoms with Crippen molar-refractivity contribution < 1.29 is 4.42 Å². The van der Waals surface area contributed by atoms with Gasteiger partial charge in [0.25, 0.3) is 0 Å². The molecule has 0 amide bonds. The maximum atomic E-state index is 6.52. The lowest BCUT2D eigenvalue weighted by Crippen LogP contribution is -2.26. The summed E-state index contributed by atoms with van der Waals surface area (Å²) >= 11 is 0. The quantitative estimate of drug-likeness (QED) is 0.153. The highest BCUT2D eigenvalue weighted by atomic mass is 16.3. The van der Waals surface area contributed by atoms with Gasteiger partial charge >= 0.3 is 0 Å². The molecule has 0 aliphatic heterocycles. The fourth-order valence-corrected chi connectivity index (χ4v) is 10.6. The van der Waals surface area contributed by atoms with Crippen LogP contribution in [-0.2, 0) is 10.8 Å². The van der Waals surface area contributed by atoms with Crippen molar-refractivity contribution in [1.82, 2.24) is 0 Å². The van der Waals surface area contributed by atoms with Crippen LogP contribution in [-0.4, -0.2) is 0 Å². The van der Waals surface area contributed by atoms with Crippen LogP contribution in [0.2, 0.25) is 0 Å². The van der Waals surface area contributed by atoms with Gasteiger partial charge in [-0.1, -0.05) is 161 Å². The minimum absolute atomic E-state index is 0.0810. The molecule has 0 saturated heterocycles. The summed E-state index contributed by atoms with van der Waals surface area (Å²) < 4.78 is 6.52. The van der Waals surface area contributed by atoms with E-state index in [1.54, 1.807) is 0 Å². The summed E-state index contributed by atoms with van der Waals surface area (Å²) in [4.78, 5) is 2.50. The second kappa shape index (κ2) is 13.9. The fourth-order valence-electron chi connectivity index (χ4n) is 10.6. The molecule has 0 radical (unpaired) electrons. The molecular weight excluding hydrogens is 727 g/mol. The number of hydrogen-bond acceptors (Lipinski definition) is 2. The molecule has 11 rings (SSSR count). The highest BCUT2D eigenvalue weighted by molar-refractivity contribution is 6.18. The first-order valence-corrected chi connectivity index (χ1v) is 21.5. The third-order valence-corrected chi connectivity index (χ3v) is 13.8. The molecule has 10 aromatic rings. The van der Waals surface area contributed by atoms with Gasteiger partial charge in [0.2, 0.25) is 0 Å². The zero-order valence-electron chi connectivity index (χ0n) is 34.7. The first-order chi connectivity index (χ1) is 29.4. The van der Waals surface area contributed by atoms with Gasteiger partial charge in [0.1, 0.15) is 11.2 Å². The lowest BCUT2D eigenvalue weighted by atomic mass is 9.70. The number of hydrogen-bond donors (Lipinski definition) is 0. The van der Waals surface area contributed by atoms with Crippen LogP contribution >= 0.6 is 0 Å². The molecule has 0 atom stereocenters. The van der Waals surface area contributed by atoms with Crippen molar-refractivity contribution in [2.75, 3.05) is 4.90 Å². The molecule has 60 heavy (non-hydrogen) atoms. The van der Waals surface area contributed by atoms with E-state index in [1.807, 2.05) is 0 Å². The molecule has 0 bridgehead atoms. The molecule has 1 aromatic heterocycles. The number of nitrogens with zero attached hydrogens (tertiary/aromatic N) is 1. The van der Waals surface area contributed by atoms with Gasteiger partial charge in [0.15, 0.2) is 0 Å². The van der Waals surface area contributed by atoms with E-state index in [4.69, 9.17) is 4.42 Å². The van der Waals surface area contributed by atoms with Gasteiger partial charge in [-0.15, -0.1) is 0 Å². The van der Waals surface area contributed by atoms with Crippen LogP contribution in [0.1, 0.15) is 62.8 Å². The molecule has 290 valence electrons. The second-order valence-electron chi connectivity index (χ2n) is 17.1. The van der Waals surface area contributed by atoms with Crippen molar-refractivity contribution >= 4 is 60.5 Å². The van der Waals surface area contributed by atoms with Crippen LogP contribution in [0.4, 0.5) is 17.1 Å². The third-order valence-electron chi connectivity index (χ3n) is 13.8. The normalized spacial score (nSPS) is 13.3. The molecule has 2 heteroatoms. The zero-order valence-corrected chi connectivity index (χ0v) is 34.7. The molecule has 0 spiro atoms. The average molecular weight is 774 g/mol. The van der Waals surface area contributed by atoms with Crippen molar-refractivity contribution in [2.24, 2.45) is 0 Å². The number of furan rings is 1. The Morgan fingerprint density at radius 3 is 1.85 bits per heavy atom. The van der Waals surface area contributed by atoms with Crippen LogP contribution in [0.25, 0.3) is 65.7 Å². The van der Waals surface area contributed by atoms with Gasteiger partial charge < -0.3 is 9.32 Å². The van der Waals surface area contributed by atoms with Crippen molar-refractivity contribution in [3.05, 3.63) is 210 Å². The molecule has 0 saturated carbocycles. The highest BCUT2D eigenvalue weighted by Crippen LogP contribution is 2.53. The van der Waals surface area contributed by atoms with E-state index in [0.717, 1.165) is 57.4 Å². The zero-order chi connectivity index (χ0) is 40.6. The van der Waals surface area contributed by atoms with Crippen molar-refractivity contribution in [3.63, 3.8) is 0 Å². The molecule has 1 aliphatic carbocycles. The molecule has 2 nitrogen and oxygen atoms in total. The van der Waals surface area contributed by atoms with Crippen LogP contribution in [0.5, 0.6) is 0 Å². The Kier molecular flexibility index (Phi) is 8.36. The van der Waals surface area contributed by atoms with Gasteiger partial charge in [-0.25, -0.2) is 0 Å². The van der Waals surface area contributed by atoms with E-state index in [0.29, 0.717) is 0 Å². The lowest BCUT2D eigenvalue weighted by Gasteiger charge is -2.34. The highest BCUT2D eigenvalue weighted by Gasteiger charge is 2.37. The van der Waals surface area contributed by atoms with E-state index in [-0.39, 0.29) is 10.8 Å². The van der Waals surface area contributed by atoms with E-state index in [9.17, 15) is 0 Å². The molecule has 0 fully saturated rings. The minimum atomic E-state index is -0.132. The van der Waals surface area contributed by atoms with Crippen molar-refractivity contribution in [3.8, 4) is 22.3 Å². The summed E-state index contributed by atoms with van der Waals surface area (Å²) in [6, 6.07) is 69.7. The number of rotatable bonds is 8. The molecule has 1 heterocycles. The topological polar surface area (TPSA) is 16.4 Å². The molecule has 1 aliphatic rings. The molecule has 0 unspecified atom stereocenters. The van der Waals surface area contributed by atoms with Gasteiger partial charge in [0, 0.05) is 38.5 Å². The van der Waals surface area contributed by atoms with Crippen LogP contribution in [0.3, 0.4) is 0 Å². The van der Waals surface area contributed by atoms with Crippen LogP contribution in [0.15, 0.2) is 192 Å². The summed E-state index contributed by atoms with van der Waals surface area (Å²) in [5.74, 6) is 0. The molecule has 0 N–H and O–H groups in total. The minimum Gasteiger partial charge on any atom is -0.456 e. The Morgan fingerprint density at radius 1 is 0.467 bits per heavy atom. The smallest absolute Gasteiger partial charge is 0.136 e. The maximum Gasteiger partial charge on any atom is 0.136 e. The van der Waals surface area contributed by atoms with Crippen LogP contribution in [0, 0.1) is 0 Å². The van der Waals surface area contributed by atoms with Gasteiger partial charge in [-0.2, -0.15) is 0 Å². The number of benzene rings is 9. The Morgan fingerprint density at radius 2 is 1.08 bits per heavy atom. The van der Waals surface area contributed by atoms with Gasteiger partial charge in [-0.3, -0.25) is 0 Å². The van der Waals surface area contributed by atoms with E-state index in [1.165, 1.54) is 60.5 Å². The lowest BCUT2D eigenvalue weighted by molar-refractivity contribution is 0.478. The van der Waals surface area contributed by atoms with E-state index < -0.39 is 0 Å². The van der Waals surface area contributed by atoms with E-state index >= 15 is 0 Å². The monoisotopic (exact) mass is 773 g/mol. The number of anilines is 3. The Labute approximate surface area is 352 Å². The van der Waals surface area contributed by atoms with E-state index in [2.05, 4.69) is 221 Å². The summed E-state index contributed by atoms with van der Waals surface area (Å²) in [5.41, 5.74) is 15.3. The second-order valence-corrected chi connectivity index (χ2v) is 17.1. The summed E-state index contributed by atoms with van der Waals surface area (Å²) in [7, 11) is 0. The Hall–Kier alpha value is -6.90. The summed E-state index contributed by atoms with van der Waals surface area (Å²) in [5, 5.41) is 7.21. The first-order valence-electron chi connectivity index (χ1n) is 21.5. The SMILES string of the molecule is CCC(CC)(c1ccccc1)c1ccc(N(c2ccc3c(c2)-c2cc4ccccc4cc2C3(C)C)c2ccc3ccccc3c2-c2cccc3oc4ccccc4c23)cc1. The molecular formula is C58H47NO.